The molecular weight excluding hydrogens is 232 g/mol. The maximum Gasteiger partial charge on any atom is 0.303 e. The quantitative estimate of drug-likeness (QED) is 0.569. The minimum Gasteiger partial charge on any atom is -0.457 e. The Labute approximate surface area is 107 Å². The molecule has 4 nitrogen and oxygen atoms in total. The zero-order valence-corrected chi connectivity index (χ0v) is 10.9. The summed E-state index contributed by atoms with van der Waals surface area (Å²) in [5.74, 6) is -0.977. The molecule has 0 fully saturated rings. The molecule has 98 valence electrons. The molecule has 3 atom stereocenters. The van der Waals surface area contributed by atoms with Gasteiger partial charge >= 0.3 is 11.9 Å². The number of rotatable bonds is 3. The normalized spacial score (nSPS) is 26.6. The highest BCUT2D eigenvalue weighted by Gasteiger charge is 2.33. The second-order valence-electron chi connectivity index (χ2n) is 4.39. The van der Waals surface area contributed by atoms with E-state index in [0.29, 0.717) is 5.57 Å². The Hall–Kier alpha value is -1.84. The lowest BCUT2D eigenvalue weighted by Gasteiger charge is -2.33. The largest absolute Gasteiger partial charge is 0.457 e. The molecule has 0 aromatic heterocycles. The third-order valence-corrected chi connectivity index (χ3v) is 2.69. The van der Waals surface area contributed by atoms with Crippen molar-refractivity contribution >= 4 is 11.9 Å². The van der Waals surface area contributed by atoms with Gasteiger partial charge in [0.05, 0.1) is 0 Å². The Kier molecular flexibility index (Phi) is 4.48. The van der Waals surface area contributed by atoms with Crippen molar-refractivity contribution in [2.45, 2.75) is 33.0 Å². The van der Waals surface area contributed by atoms with Crippen molar-refractivity contribution in [3.63, 3.8) is 0 Å². The Morgan fingerprint density at radius 3 is 2.11 bits per heavy atom. The van der Waals surface area contributed by atoms with Gasteiger partial charge in [-0.3, -0.25) is 9.59 Å². The van der Waals surface area contributed by atoms with Gasteiger partial charge in [0.2, 0.25) is 0 Å². The van der Waals surface area contributed by atoms with E-state index in [4.69, 9.17) is 9.47 Å². The SMILES string of the molecule is C=C(C)C1C(=C)C(OC(C)=O)C=CC1OC(C)=O. The van der Waals surface area contributed by atoms with Crippen LogP contribution in [0.3, 0.4) is 0 Å². The molecule has 0 spiro atoms. The van der Waals surface area contributed by atoms with E-state index in [9.17, 15) is 9.59 Å². The van der Waals surface area contributed by atoms with E-state index < -0.39 is 12.2 Å². The molecule has 0 heterocycles. The summed E-state index contributed by atoms with van der Waals surface area (Å²) in [7, 11) is 0. The van der Waals surface area contributed by atoms with E-state index in [1.807, 2.05) is 6.92 Å². The molecule has 0 saturated carbocycles. The van der Waals surface area contributed by atoms with E-state index >= 15 is 0 Å². The second-order valence-corrected chi connectivity index (χ2v) is 4.39. The third kappa shape index (κ3) is 3.32. The first-order chi connectivity index (χ1) is 8.32. The lowest BCUT2D eigenvalue weighted by Crippen LogP contribution is -2.35. The highest BCUT2D eigenvalue weighted by molar-refractivity contribution is 5.67. The number of ether oxygens (including phenoxy) is 2. The summed E-state index contributed by atoms with van der Waals surface area (Å²) in [4.78, 5) is 22.0. The number of hydrogen-bond donors (Lipinski definition) is 0. The number of esters is 2. The molecule has 0 radical (unpaired) electrons. The Balaban J connectivity index is 2.96. The maximum atomic E-state index is 11.0. The fourth-order valence-electron chi connectivity index (χ4n) is 2.02. The average molecular weight is 250 g/mol. The topological polar surface area (TPSA) is 52.6 Å². The van der Waals surface area contributed by atoms with E-state index in [2.05, 4.69) is 13.2 Å². The Bertz CT molecular complexity index is 420. The molecule has 0 bridgehead atoms. The Morgan fingerprint density at radius 2 is 1.67 bits per heavy atom. The van der Waals surface area contributed by atoms with Crippen LogP contribution in [-0.4, -0.2) is 24.1 Å². The van der Waals surface area contributed by atoms with Crippen molar-refractivity contribution in [2.24, 2.45) is 5.92 Å². The van der Waals surface area contributed by atoms with Crippen molar-refractivity contribution in [1.82, 2.24) is 0 Å². The standard InChI is InChI=1S/C14H18O4/c1-8(2)14-9(3)12(17-10(4)15)6-7-13(14)18-11(5)16/h6-7,12-14H,1,3H2,2,4-5H3. The van der Waals surface area contributed by atoms with Gasteiger partial charge in [-0.15, -0.1) is 0 Å². The molecule has 0 aromatic rings. The van der Waals surface area contributed by atoms with Crippen LogP contribution in [0.5, 0.6) is 0 Å². The fraction of sp³-hybridized carbons (Fsp3) is 0.429. The summed E-state index contributed by atoms with van der Waals surface area (Å²) in [6.45, 7) is 12.3. The van der Waals surface area contributed by atoms with Crippen LogP contribution in [0, 0.1) is 5.92 Å². The molecule has 1 rings (SSSR count). The van der Waals surface area contributed by atoms with E-state index in [1.165, 1.54) is 13.8 Å². The van der Waals surface area contributed by atoms with Crippen molar-refractivity contribution < 1.29 is 19.1 Å². The van der Waals surface area contributed by atoms with Crippen LogP contribution in [0.25, 0.3) is 0 Å². The van der Waals surface area contributed by atoms with Crippen LogP contribution in [-0.2, 0) is 19.1 Å². The van der Waals surface area contributed by atoms with Gasteiger partial charge < -0.3 is 9.47 Å². The number of carbonyl (C=O) groups excluding carboxylic acids is 2. The van der Waals surface area contributed by atoms with Crippen molar-refractivity contribution in [1.29, 1.82) is 0 Å². The van der Waals surface area contributed by atoms with Crippen LogP contribution in [0.1, 0.15) is 20.8 Å². The van der Waals surface area contributed by atoms with Gasteiger partial charge in [0.25, 0.3) is 0 Å². The minimum atomic E-state index is -0.490. The van der Waals surface area contributed by atoms with E-state index in [-0.39, 0.29) is 17.9 Å². The predicted molar refractivity (Wildman–Crippen MR) is 67.7 cm³/mol. The molecular formula is C14H18O4. The molecule has 0 N–H and O–H groups in total. The van der Waals surface area contributed by atoms with E-state index in [0.717, 1.165) is 5.57 Å². The highest BCUT2D eigenvalue weighted by Crippen LogP contribution is 2.32. The smallest absolute Gasteiger partial charge is 0.303 e. The lowest BCUT2D eigenvalue weighted by molar-refractivity contribution is -0.148. The molecule has 0 aromatic carbocycles. The summed E-state index contributed by atoms with van der Waals surface area (Å²) >= 11 is 0. The van der Waals surface area contributed by atoms with Gasteiger partial charge in [-0.25, -0.2) is 0 Å². The third-order valence-electron chi connectivity index (χ3n) is 2.69. The molecule has 3 unspecified atom stereocenters. The van der Waals surface area contributed by atoms with Gasteiger partial charge in [0.1, 0.15) is 12.2 Å². The molecule has 1 aliphatic carbocycles. The molecule has 18 heavy (non-hydrogen) atoms. The molecule has 0 saturated heterocycles. The molecule has 0 amide bonds. The molecule has 1 aliphatic rings. The summed E-state index contributed by atoms with van der Waals surface area (Å²) in [6.07, 6.45) is 2.47. The maximum absolute atomic E-state index is 11.0. The van der Waals surface area contributed by atoms with Gasteiger partial charge in [-0.2, -0.15) is 0 Å². The summed E-state index contributed by atoms with van der Waals surface area (Å²) < 4.78 is 10.3. The number of hydrogen-bond acceptors (Lipinski definition) is 4. The minimum absolute atomic E-state index is 0.233. The first kappa shape index (κ1) is 14.2. The zero-order valence-electron chi connectivity index (χ0n) is 10.9. The van der Waals surface area contributed by atoms with Gasteiger partial charge in [0.15, 0.2) is 0 Å². The Morgan fingerprint density at radius 1 is 1.11 bits per heavy atom. The summed E-state index contributed by atoms with van der Waals surface area (Å²) in [6, 6.07) is 0. The monoisotopic (exact) mass is 250 g/mol. The van der Waals surface area contributed by atoms with Crippen LogP contribution in [0.4, 0.5) is 0 Å². The van der Waals surface area contributed by atoms with E-state index in [1.54, 1.807) is 12.2 Å². The van der Waals surface area contributed by atoms with Crippen LogP contribution in [0.2, 0.25) is 0 Å². The van der Waals surface area contributed by atoms with Gasteiger partial charge in [0, 0.05) is 19.8 Å². The van der Waals surface area contributed by atoms with Crippen LogP contribution < -0.4 is 0 Å². The second kappa shape index (κ2) is 5.67. The van der Waals surface area contributed by atoms with Gasteiger partial charge in [-0.05, 0) is 24.6 Å². The lowest BCUT2D eigenvalue weighted by atomic mass is 9.81. The van der Waals surface area contributed by atoms with Crippen LogP contribution in [0.15, 0.2) is 36.5 Å². The van der Waals surface area contributed by atoms with Crippen molar-refractivity contribution in [2.75, 3.05) is 0 Å². The summed E-state index contributed by atoms with van der Waals surface area (Å²) in [5.41, 5.74) is 1.49. The number of carbonyl (C=O) groups is 2. The van der Waals surface area contributed by atoms with Crippen LogP contribution >= 0.6 is 0 Å². The first-order valence-electron chi connectivity index (χ1n) is 5.69. The average Bonchev–Trinajstić information content (AvgIpc) is 2.20. The zero-order chi connectivity index (χ0) is 13.9. The fourth-order valence-corrected chi connectivity index (χ4v) is 2.02. The van der Waals surface area contributed by atoms with Gasteiger partial charge in [-0.1, -0.05) is 18.7 Å². The van der Waals surface area contributed by atoms with Crippen molar-refractivity contribution in [3.05, 3.63) is 36.5 Å². The van der Waals surface area contributed by atoms with Crippen molar-refractivity contribution in [3.8, 4) is 0 Å². The predicted octanol–water partition coefficient (Wildman–Crippen LogP) is 2.17. The molecule has 4 heteroatoms. The summed E-state index contributed by atoms with van der Waals surface area (Å²) in [5, 5.41) is 0. The molecule has 0 aliphatic heterocycles. The highest BCUT2D eigenvalue weighted by atomic mass is 16.5. The first-order valence-corrected chi connectivity index (χ1v) is 5.69.